The summed E-state index contributed by atoms with van der Waals surface area (Å²) in [6, 6.07) is 6.39. The average molecular weight is 378 g/mol. The number of rotatable bonds is 9. The summed E-state index contributed by atoms with van der Waals surface area (Å²) in [7, 11) is 7.55. The lowest BCUT2D eigenvalue weighted by Gasteiger charge is -2.21. The zero-order chi connectivity index (χ0) is 19.6. The Morgan fingerprint density at radius 1 is 1.22 bits per heavy atom. The van der Waals surface area contributed by atoms with Crippen molar-refractivity contribution in [2.24, 2.45) is 4.99 Å². The van der Waals surface area contributed by atoms with Gasteiger partial charge in [-0.2, -0.15) is 0 Å². The minimum absolute atomic E-state index is 0.369. The van der Waals surface area contributed by atoms with Crippen molar-refractivity contribution in [2.75, 3.05) is 65.9 Å². The molecule has 1 aromatic carbocycles. The lowest BCUT2D eigenvalue weighted by molar-refractivity contribution is 0.394. The molecule has 1 atom stereocenters. The first kappa shape index (κ1) is 21.2. The molecule has 1 fully saturated rings. The Hall–Kier alpha value is -2.15. The van der Waals surface area contributed by atoms with Gasteiger partial charge in [-0.1, -0.05) is 0 Å². The van der Waals surface area contributed by atoms with E-state index in [1.807, 2.05) is 6.07 Å². The number of hydrogen-bond donors (Lipinski definition) is 2. The van der Waals surface area contributed by atoms with Crippen LogP contribution in [0.25, 0.3) is 0 Å². The molecule has 0 saturated carbocycles. The molecule has 0 bridgehead atoms. The molecule has 27 heavy (non-hydrogen) atoms. The van der Waals surface area contributed by atoms with Crippen molar-refractivity contribution in [3.63, 3.8) is 0 Å². The molecule has 1 unspecified atom stereocenters. The summed E-state index contributed by atoms with van der Waals surface area (Å²) in [5, 5.41) is 6.94. The Balaban J connectivity index is 1.94. The van der Waals surface area contributed by atoms with E-state index in [4.69, 9.17) is 14.5 Å². The molecule has 1 aromatic rings. The van der Waals surface area contributed by atoms with E-state index in [0.29, 0.717) is 6.04 Å². The van der Waals surface area contributed by atoms with Gasteiger partial charge in [-0.25, -0.2) is 0 Å². The van der Waals surface area contributed by atoms with Crippen LogP contribution in [0.4, 0.5) is 5.69 Å². The predicted molar refractivity (Wildman–Crippen MR) is 112 cm³/mol. The van der Waals surface area contributed by atoms with Gasteiger partial charge in [0, 0.05) is 56.1 Å². The van der Waals surface area contributed by atoms with Crippen LogP contribution in [0.1, 0.15) is 19.8 Å². The van der Waals surface area contributed by atoms with Gasteiger partial charge < -0.3 is 29.9 Å². The van der Waals surface area contributed by atoms with Gasteiger partial charge in [0.2, 0.25) is 0 Å². The zero-order valence-corrected chi connectivity index (χ0v) is 17.4. The lowest BCUT2D eigenvalue weighted by atomic mass is 10.2. The fourth-order valence-corrected chi connectivity index (χ4v) is 3.18. The maximum absolute atomic E-state index is 5.40. The normalized spacial score (nSPS) is 17.3. The van der Waals surface area contributed by atoms with Crippen LogP contribution in [0.2, 0.25) is 0 Å². The molecule has 1 heterocycles. The standard InChI is InChI=1S/C20H35N5O2/c1-6-21-20(22-9-7-10-24(2)3)23-16-8-11-25(15-16)17-12-18(26-4)14-19(13-17)27-5/h12-14,16H,6-11,15H2,1-5H3,(H2,21,22,23). The van der Waals surface area contributed by atoms with Gasteiger partial charge in [0.25, 0.3) is 0 Å². The number of methoxy groups -OCH3 is 2. The van der Waals surface area contributed by atoms with Crippen LogP contribution in [0, 0.1) is 0 Å². The Morgan fingerprint density at radius 2 is 1.93 bits per heavy atom. The Bertz CT molecular complexity index is 584. The minimum Gasteiger partial charge on any atom is -0.497 e. The summed E-state index contributed by atoms with van der Waals surface area (Å²) >= 11 is 0. The summed E-state index contributed by atoms with van der Waals surface area (Å²) < 4.78 is 10.8. The molecule has 0 amide bonds. The quantitative estimate of drug-likeness (QED) is 0.389. The maximum atomic E-state index is 5.40. The SMILES string of the molecule is CCNC(=NCCCN(C)C)NC1CCN(c2cc(OC)cc(OC)c2)C1. The summed E-state index contributed by atoms with van der Waals surface area (Å²) in [6.07, 6.45) is 2.13. The van der Waals surface area contributed by atoms with Gasteiger partial charge in [-0.05, 0) is 40.4 Å². The number of hydrogen-bond acceptors (Lipinski definition) is 5. The number of nitrogens with one attached hydrogen (secondary N) is 2. The molecule has 1 aliphatic rings. The van der Waals surface area contributed by atoms with E-state index in [-0.39, 0.29) is 0 Å². The first-order chi connectivity index (χ1) is 13.0. The van der Waals surface area contributed by atoms with Crippen molar-refractivity contribution in [3.05, 3.63) is 18.2 Å². The molecule has 7 nitrogen and oxygen atoms in total. The molecular formula is C20H35N5O2. The second-order valence-electron chi connectivity index (χ2n) is 7.06. The van der Waals surface area contributed by atoms with Gasteiger partial charge in [0.1, 0.15) is 11.5 Å². The summed E-state index contributed by atoms with van der Waals surface area (Å²) in [5.41, 5.74) is 1.13. The second-order valence-corrected chi connectivity index (χ2v) is 7.06. The second kappa shape index (κ2) is 10.9. The highest BCUT2D eigenvalue weighted by atomic mass is 16.5. The van der Waals surface area contributed by atoms with Crippen LogP contribution in [0.15, 0.2) is 23.2 Å². The number of aliphatic imine (C=N–C) groups is 1. The van der Waals surface area contributed by atoms with E-state index in [0.717, 1.165) is 68.7 Å². The van der Waals surface area contributed by atoms with E-state index < -0.39 is 0 Å². The molecule has 7 heteroatoms. The third-order valence-electron chi connectivity index (χ3n) is 4.61. The first-order valence-electron chi connectivity index (χ1n) is 9.73. The highest BCUT2D eigenvalue weighted by molar-refractivity contribution is 5.80. The van der Waals surface area contributed by atoms with Gasteiger partial charge in [0.05, 0.1) is 14.2 Å². The van der Waals surface area contributed by atoms with Crippen molar-refractivity contribution in [1.82, 2.24) is 15.5 Å². The molecular weight excluding hydrogens is 342 g/mol. The number of guanidine groups is 1. The molecule has 0 aromatic heterocycles. The molecule has 0 radical (unpaired) electrons. The number of nitrogens with zero attached hydrogens (tertiary/aromatic N) is 3. The fraction of sp³-hybridized carbons (Fsp3) is 0.650. The topological polar surface area (TPSA) is 61.4 Å². The van der Waals surface area contributed by atoms with Crippen LogP contribution >= 0.6 is 0 Å². The highest BCUT2D eigenvalue weighted by Gasteiger charge is 2.24. The van der Waals surface area contributed by atoms with Crippen LogP contribution in [-0.2, 0) is 0 Å². The molecule has 152 valence electrons. The number of ether oxygens (including phenoxy) is 2. The monoisotopic (exact) mass is 377 g/mol. The van der Waals surface area contributed by atoms with Crippen LogP contribution in [0.5, 0.6) is 11.5 Å². The van der Waals surface area contributed by atoms with E-state index in [2.05, 4.69) is 53.6 Å². The summed E-state index contributed by atoms with van der Waals surface area (Å²) in [4.78, 5) is 9.26. The molecule has 1 aliphatic heterocycles. The fourth-order valence-electron chi connectivity index (χ4n) is 3.18. The molecule has 1 saturated heterocycles. The van der Waals surface area contributed by atoms with Crippen molar-refractivity contribution < 1.29 is 9.47 Å². The third-order valence-corrected chi connectivity index (χ3v) is 4.61. The van der Waals surface area contributed by atoms with E-state index in [9.17, 15) is 0 Å². The van der Waals surface area contributed by atoms with Crippen molar-refractivity contribution >= 4 is 11.6 Å². The van der Waals surface area contributed by atoms with Crippen molar-refractivity contribution in [1.29, 1.82) is 0 Å². The largest absolute Gasteiger partial charge is 0.497 e. The van der Waals surface area contributed by atoms with Crippen LogP contribution in [0.3, 0.4) is 0 Å². The van der Waals surface area contributed by atoms with Gasteiger partial charge in [-0.15, -0.1) is 0 Å². The van der Waals surface area contributed by atoms with Crippen LogP contribution < -0.4 is 25.0 Å². The molecule has 2 rings (SSSR count). The van der Waals surface area contributed by atoms with E-state index >= 15 is 0 Å². The van der Waals surface area contributed by atoms with Gasteiger partial charge in [-0.3, -0.25) is 4.99 Å². The number of anilines is 1. The number of benzene rings is 1. The average Bonchev–Trinajstić information content (AvgIpc) is 3.13. The predicted octanol–water partition coefficient (Wildman–Crippen LogP) is 1.79. The Morgan fingerprint density at radius 3 is 2.52 bits per heavy atom. The molecule has 2 N–H and O–H groups in total. The Kier molecular flexibility index (Phi) is 8.51. The van der Waals surface area contributed by atoms with E-state index in [1.54, 1.807) is 14.2 Å². The van der Waals surface area contributed by atoms with Gasteiger partial charge in [0.15, 0.2) is 5.96 Å². The van der Waals surface area contributed by atoms with Crippen molar-refractivity contribution in [3.8, 4) is 11.5 Å². The summed E-state index contributed by atoms with van der Waals surface area (Å²) in [6.45, 7) is 6.77. The summed E-state index contributed by atoms with van der Waals surface area (Å²) in [5.74, 6) is 2.54. The van der Waals surface area contributed by atoms with Crippen LogP contribution in [-0.4, -0.2) is 77.9 Å². The smallest absolute Gasteiger partial charge is 0.191 e. The Labute approximate surface area is 163 Å². The third kappa shape index (κ3) is 6.82. The van der Waals surface area contributed by atoms with E-state index in [1.165, 1.54) is 0 Å². The molecule has 0 aliphatic carbocycles. The zero-order valence-electron chi connectivity index (χ0n) is 17.4. The minimum atomic E-state index is 0.369. The first-order valence-corrected chi connectivity index (χ1v) is 9.73. The molecule has 0 spiro atoms. The maximum Gasteiger partial charge on any atom is 0.191 e. The van der Waals surface area contributed by atoms with Crippen molar-refractivity contribution in [2.45, 2.75) is 25.8 Å². The lowest BCUT2D eigenvalue weighted by Crippen LogP contribution is -2.44. The highest BCUT2D eigenvalue weighted by Crippen LogP contribution is 2.30. The van der Waals surface area contributed by atoms with Gasteiger partial charge >= 0.3 is 0 Å².